The van der Waals surface area contributed by atoms with Crippen LogP contribution in [0.25, 0.3) is 11.0 Å². The summed E-state index contributed by atoms with van der Waals surface area (Å²) in [5.74, 6) is 0.348. The van der Waals surface area contributed by atoms with Gasteiger partial charge in [-0.2, -0.15) is 0 Å². The van der Waals surface area contributed by atoms with Crippen LogP contribution in [0, 0.1) is 5.92 Å². The predicted molar refractivity (Wildman–Crippen MR) is 99.7 cm³/mol. The first-order chi connectivity index (χ1) is 11.9. The molecule has 0 spiro atoms. The number of hydrogen-bond acceptors (Lipinski definition) is 2. The number of imidazole rings is 1. The second-order valence-corrected chi connectivity index (χ2v) is 6.87. The number of aromatic nitrogens is 3. The molecule has 0 bridgehead atoms. The van der Waals surface area contributed by atoms with Crippen LogP contribution in [0.2, 0.25) is 0 Å². The minimum absolute atomic E-state index is 0.0508. The van der Waals surface area contributed by atoms with Crippen molar-refractivity contribution in [2.24, 2.45) is 20.0 Å². The molecular weight excluding hydrogens is 316 g/mol. The average Bonchev–Trinajstić information content (AvgIpc) is 3.17. The van der Waals surface area contributed by atoms with Crippen LogP contribution in [-0.2, 0) is 18.9 Å². The molecule has 1 aromatic carbocycles. The zero-order valence-corrected chi connectivity index (χ0v) is 15.1. The van der Waals surface area contributed by atoms with Crippen LogP contribution in [0.4, 0.5) is 5.69 Å². The fraction of sp³-hybridized carbons (Fsp3) is 0.368. The Labute approximate surface area is 146 Å². The fourth-order valence-electron chi connectivity index (χ4n) is 3.18. The Morgan fingerprint density at radius 2 is 1.72 bits per heavy atom. The van der Waals surface area contributed by atoms with Crippen molar-refractivity contribution in [3.05, 3.63) is 53.2 Å². The van der Waals surface area contributed by atoms with Crippen LogP contribution in [0.5, 0.6) is 0 Å². The molecule has 3 aromatic rings. The van der Waals surface area contributed by atoms with Gasteiger partial charge in [0.15, 0.2) is 0 Å². The number of benzene rings is 1. The first-order valence-corrected chi connectivity index (χ1v) is 8.47. The third kappa shape index (κ3) is 3.24. The van der Waals surface area contributed by atoms with E-state index in [1.54, 1.807) is 23.2 Å². The molecule has 2 heterocycles. The lowest BCUT2D eigenvalue weighted by atomic mass is 10.0. The Morgan fingerprint density at radius 3 is 2.36 bits per heavy atom. The average molecular weight is 340 g/mol. The Hall–Kier alpha value is -2.76. The summed E-state index contributed by atoms with van der Waals surface area (Å²) >= 11 is 0. The first kappa shape index (κ1) is 17.1. The van der Waals surface area contributed by atoms with Gasteiger partial charge < -0.3 is 9.88 Å². The summed E-state index contributed by atoms with van der Waals surface area (Å²) in [6.07, 6.45) is 4.58. The highest BCUT2D eigenvalue weighted by Crippen LogP contribution is 2.22. The second kappa shape index (κ2) is 6.63. The van der Waals surface area contributed by atoms with E-state index in [1.165, 1.54) is 0 Å². The van der Waals surface area contributed by atoms with Gasteiger partial charge in [-0.15, -0.1) is 0 Å². The van der Waals surface area contributed by atoms with Gasteiger partial charge in [0, 0.05) is 32.2 Å². The molecule has 0 saturated carbocycles. The van der Waals surface area contributed by atoms with E-state index in [9.17, 15) is 9.59 Å². The maximum absolute atomic E-state index is 12.8. The molecule has 0 aliphatic carbocycles. The SMILES string of the molecule is CC(C)CC(C(=O)Nc1ccc2c(c1)n(C)c(=O)n2C)n1cccc1. The number of carbonyl (C=O) groups excluding carboxylic acids is 1. The minimum Gasteiger partial charge on any atom is -0.342 e. The first-order valence-electron chi connectivity index (χ1n) is 8.47. The number of nitrogens with zero attached hydrogens (tertiary/aromatic N) is 3. The lowest BCUT2D eigenvalue weighted by molar-refractivity contribution is -0.119. The smallest absolute Gasteiger partial charge is 0.328 e. The van der Waals surface area contributed by atoms with E-state index >= 15 is 0 Å². The number of nitrogens with one attached hydrogen (secondary N) is 1. The van der Waals surface area contributed by atoms with Crippen LogP contribution in [0.1, 0.15) is 26.3 Å². The summed E-state index contributed by atoms with van der Waals surface area (Å²) < 4.78 is 5.12. The summed E-state index contributed by atoms with van der Waals surface area (Å²) in [4.78, 5) is 24.9. The molecule has 3 rings (SSSR count). The lowest BCUT2D eigenvalue weighted by Crippen LogP contribution is -2.26. The molecule has 2 aromatic heterocycles. The van der Waals surface area contributed by atoms with E-state index in [2.05, 4.69) is 19.2 Å². The molecule has 0 aliphatic rings. The topological polar surface area (TPSA) is 61.0 Å². The monoisotopic (exact) mass is 340 g/mol. The van der Waals surface area contributed by atoms with E-state index < -0.39 is 0 Å². The van der Waals surface area contributed by atoms with E-state index in [4.69, 9.17) is 0 Å². The van der Waals surface area contributed by atoms with E-state index in [0.717, 1.165) is 17.5 Å². The van der Waals surface area contributed by atoms with Gasteiger partial charge in [-0.25, -0.2) is 4.79 Å². The Bertz CT molecular complexity index is 948. The molecule has 25 heavy (non-hydrogen) atoms. The molecule has 1 amide bonds. The molecule has 1 atom stereocenters. The molecular formula is C19H24N4O2. The zero-order chi connectivity index (χ0) is 18.1. The van der Waals surface area contributed by atoms with Gasteiger partial charge in [0.25, 0.3) is 0 Å². The van der Waals surface area contributed by atoms with Crippen molar-refractivity contribution in [1.29, 1.82) is 0 Å². The fourth-order valence-corrected chi connectivity index (χ4v) is 3.18. The number of fused-ring (bicyclic) bond motifs is 1. The quantitative estimate of drug-likeness (QED) is 0.776. The van der Waals surface area contributed by atoms with Crippen LogP contribution in [-0.4, -0.2) is 19.6 Å². The standard InChI is InChI=1S/C19H24N4O2/c1-13(2)11-17(23-9-5-6-10-23)18(24)20-14-7-8-15-16(12-14)22(4)19(25)21(15)3/h5-10,12-13,17H,11H2,1-4H3,(H,20,24). The molecule has 6 heteroatoms. The summed E-state index contributed by atoms with van der Waals surface area (Å²) in [6.45, 7) is 4.21. The van der Waals surface area contributed by atoms with Gasteiger partial charge in [-0.05, 0) is 42.7 Å². The highest BCUT2D eigenvalue weighted by Gasteiger charge is 2.21. The number of aryl methyl sites for hydroxylation is 2. The van der Waals surface area contributed by atoms with E-state index in [0.29, 0.717) is 11.6 Å². The molecule has 0 fully saturated rings. The van der Waals surface area contributed by atoms with Crippen molar-refractivity contribution in [3.8, 4) is 0 Å². The van der Waals surface area contributed by atoms with Crippen molar-refractivity contribution < 1.29 is 4.79 Å². The largest absolute Gasteiger partial charge is 0.342 e. The normalized spacial score (nSPS) is 12.7. The molecule has 0 saturated heterocycles. The number of anilines is 1. The summed E-state index contributed by atoms with van der Waals surface area (Å²) in [6, 6.07) is 9.13. The number of hydrogen-bond donors (Lipinski definition) is 1. The van der Waals surface area contributed by atoms with Gasteiger partial charge in [-0.1, -0.05) is 13.8 Å². The Kier molecular flexibility index (Phi) is 4.53. The lowest BCUT2D eigenvalue weighted by Gasteiger charge is -2.20. The highest BCUT2D eigenvalue weighted by atomic mass is 16.2. The van der Waals surface area contributed by atoms with Gasteiger partial charge >= 0.3 is 5.69 Å². The molecule has 0 radical (unpaired) electrons. The molecule has 0 aliphatic heterocycles. The molecule has 1 N–H and O–H groups in total. The summed E-state index contributed by atoms with van der Waals surface area (Å²) in [7, 11) is 3.48. The van der Waals surface area contributed by atoms with Crippen molar-refractivity contribution in [1.82, 2.24) is 13.7 Å². The number of rotatable bonds is 5. The summed E-state index contributed by atoms with van der Waals surface area (Å²) in [5, 5.41) is 3.00. The van der Waals surface area contributed by atoms with Gasteiger partial charge in [0.2, 0.25) is 5.91 Å². The molecule has 1 unspecified atom stereocenters. The number of amides is 1. The third-order valence-corrected chi connectivity index (χ3v) is 4.52. The Balaban J connectivity index is 1.90. The van der Waals surface area contributed by atoms with Crippen molar-refractivity contribution >= 4 is 22.6 Å². The summed E-state index contributed by atoms with van der Waals surface area (Å²) in [5.41, 5.74) is 2.25. The van der Waals surface area contributed by atoms with Gasteiger partial charge in [0.1, 0.15) is 6.04 Å². The maximum Gasteiger partial charge on any atom is 0.328 e. The van der Waals surface area contributed by atoms with Crippen LogP contribution in [0.3, 0.4) is 0 Å². The minimum atomic E-state index is -0.259. The van der Waals surface area contributed by atoms with Crippen molar-refractivity contribution in [3.63, 3.8) is 0 Å². The van der Waals surface area contributed by atoms with Crippen LogP contribution < -0.4 is 11.0 Å². The maximum atomic E-state index is 12.8. The third-order valence-electron chi connectivity index (χ3n) is 4.52. The Morgan fingerprint density at radius 1 is 1.08 bits per heavy atom. The van der Waals surface area contributed by atoms with Gasteiger partial charge in [-0.3, -0.25) is 13.9 Å². The van der Waals surface area contributed by atoms with E-state index in [1.807, 2.05) is 47.3 Å². The van der Waals surface area contributed by atoms with Crippen LogP contribution >= 0.6 is 0 Å². The van der Waals surface area contributed by atoms with Crippen molar-refractivity contribution in [2.75, 3.05) is 5.32 Å². The molecule has 132 valence electrons. The number of carbonyl (C=O) groups is 1. The van der Waals surface area contributed by atoms with Crippen molar-refractivity contribution in [2.45, 2.75) is 26.3 Å². The highest BCUT2D eigenvalue weighted by molar-refractivity contribution is 5.95. The zero-order valence-electron chi connectivity index (χ0n) is 15.1. The van der Waals surface area contributed by atoms with Gasteiger partial charge in [0.05, 0.1) is 11.0 Å². The predicted octanol–water partition coefficient (Wildman–Crippen LogP) is 2.90. The second-order valence-electron chi connectivity index (χ2n) is 6.87. The van der Waals surface area contributed by atoms with Crippen LogP contribution in [0.15, 0.2) is 47.5 Å². The van der Waals surface area contributed by atoms with E-state index in [-0.39, 0.29) is 17.6 Å². The molecule has 6 nitrogen and oxygen atoms in total.